The van der Waals surface area contributed by atoms with Gasteiger partial charge in [-0.25, -0.2) is 9.97 Å². The zero-order valence-electron chi connectivity index (χ0n) is 16.2. The molecule has 1 aliphatic carbocycles. The summed E-state index contributed by atoms with van der Waals surface area (Å²) in [6.45, 7) is 0.994. The van der Waals surface area contributed by atoms with Crippen molar-refractivity contribution in [3.63, 3.8) is 0 Å². The highest BCUT2D eigenvalue weighted by atomic mass is 15.1. The first kappa shape index (κ1) is 17.3. The number of anilines is 1. The van der Waals surface area contributed by atoms with Crippen LogP contribution >= 0.6 is 0 Å². The van der Waals surface area contributed by atoms with Crippen molar-refractivity contribution < 1.29 is 0 Å². The maximum Gasteiger partial charge on any atom is 0.180 e. The van der Waals surface area contributed by atoms with E-state index in [1.807, 2.05) is 6.07 Å². The number of hydrogen-bond acceptors (Lipinski definition) is 4. The number of imidazole rings is 1. The Morgan fingerprint density at radius 2 is 2.00 bits per heavy atom. The maximum atomic E-state index is 5.98. The number of nitrogens with zero attached hydrogens (tertiary/aromatic N) is 3. The lowest BCUT2D eigenvalue weighted by atomic mass is 9.94. The van der Waals surface area contributed by atoms with E-state index < -0.39 is 0 Å². The number of pyridine rings is 1. The van der Waals surface area contributed by atoms with E-state index in [1.54, 1.807) is 6.33 Å². The molecule has 0 aliphatic heterocycles. The van der Waals surface area contributed by atoms with Crippen molar-refractivity contribution in [3.8, 4) is 11.3 Å². The van der Waals surface area contributed by atoms with Crippen LogP contribution in [0.3, 0.4) is 0 Å². The topological polar surface area (TPSA) is 86.6 Å². The van der Waals surface area contributed by atoms with Gasteiger partial charge in [0.05, 0.1) is 11.8 Å². The number of H-pyrrole nitrogens is 2. The Morgan fingerprint density at radius 1 is 1.14 bits per heavy atom. The summed E-state index contributed by atoms with van der Waals surface area (Å²) in [5, 5.41) is 1.22. The van der Waals surface area contributed by atoms with Crippen molar-refractivity contribution in [1.29, 1.82) is 0 Å². The number of aromatic amines is 2. The van der Waals surface area contributed by atoms with Crippen LogP contribution < -0.4 is 5.73 Å². The molecule has 1 fully saturated rings. The first-order chi connectivity index (χ1) is 13.7. The normalized spacial score (nSPS) is 15.8. The second kappa shape index (κ2) is 6.95. The predicted molar refractivity (Wildman–Crippen MR) is 114 cm³/mol. The molecule has 0 unspecified atom stereocenters. The number of hydrogen-bond donors (Lipinski definition) is 3. The average Bonchev–Trinajstić information content (AvgIpc) is 3.34. The zero-order chi connectivity index (χ0) is 19.1. The lowest BCUT2D eigenvalue weighted by Gasteiger charge is -2.31. The standard InChI is InChI=1S/C22H26N6/c1-28(16-5-3-2-4-6-16)12-14-7-8-18-15(9-14)10-19(26-18)17-11-20(23)27-22-21(17)24-13-25-22/h7-11,13,16,26H,2-6,12H2,1H3,(H3,23,24,25,27). The number of benzene rings is 1. The van der Waals surface area contributed by atoms with E-state index in [0.29, 0.717) is 11.5 Å². The van der Waals surface area contributed by atoms with E-state index in [1.165, 1.54) is 43.1 Å². The van der Waals surface area contributed by atoms with Gasteiger partial charge in [0, 0.05) is 34.7 Å². The Balaban J connectivity index is 1.46. The van der Waals surface area contributed by atoms with Gasteiger partial charge in [0.1, 0.15) is 5.82 Å². The van der Waals surface area contributed by atoms with E-state index in [0.717, 1.165) is 34.9 Å². The Hall–Kier alpha value is -2.86. The van der Waals surface area contributed by atoms with Crippen LogP contribution in [0.5, 0.6) is 0 Å². The fourth-order valence-electron chi connectivity index (χ4n) is 4.52. The third kappa shape index (κ3) is 3.14. The van der Waals surface area contributed by atoms with Crippen molar-refractivity contribution >= 4 is 27.9 Å². The first-order valence-corrected chi connectivity index (χ1v) is 10.1. The van der Waals surface area contributed by atoms with Crippen molar-refractivity contribution in [3.05, 3.63) is 42.2 Å². The molecular weight excluding hydrogens is 348 g/mol. The molecule has 0 bridgehead atoms. The monoisotopic (exact) mass is 374 g/mol. The molecule has 4 aromatic rings. The van der Waals surface area contributed by atoms with Crippen LogP contribution in [0, 0.1) is 0 Å². The van der Waals surface area contributed by atoms with Gasteiger partial charge in [-0.1, -0.05) is 25.3 Å². The van der Waals surface area contributed by atoms with Crippen LogP contribution in [-0.4, -0.2) is 37.9 Å². The van der Waals surface area contributed by atoms with Gasteiger partial charge >= 0.3 is 0 Å². The molecule has 0 radical (unpaired) electrons. The molecule has 3 heterocycles. The fourth-order valence-corrected chi connectivity index (χ4v) is 4.52. The van der Waals surface area contributed by atoms with Crippen LogP contribution in [0.2, 0.25) is 0 Å². The van der Waals surface area contributed by atoms with Gasteiger partial charge in [-0.15, -0.1) is 0 Å². The summed E-state index contributed by atoms with van der Waals surface area (Å²) in [7, 11) is 2.26. The number of rotatable bonds is 4. The molecule has 0 atom stereocenters. The Kier molecular flexibility index (Phi) is 4.28. The van der Waals surface area contributed by atoms with Crippen molar-refractivity contribution in [2.24, 2.45) is 0 Å². The molecule has 0 amide bonds. The molecule has 1 aliphatic rings. The lowest BCUT2D eigenvalue weighted by molar-refractivity contribution is 0.184. The largest absolute Gasteiger partial charge is 0.384 e. The van der Waals surface area contributed by atoms with Crippen LogP contribution in [0.15, 0.2) is 36.7 Å². The van der Waals surface area contributed by atoms with Crippen LogP contribution in [0.1, 0.15) is 37.7 Å². The summed E-state index contributed by atoms with van der Waals surface area (Å²) >= 11 is 0. The summed E-state index contributed by atoms with van der Waals surface area (Å²) in [4.78, 5) is 17.7. The van der Waals surface area contributed by atoms with Crippen LogP contribution in [-0.2, 0) is 6.54 Å². The molecule has 0 saturated heterocycles. The molecule has 144 valence electrons. The Morgan fingerprint density at radius 3 is 2.86 bits per heavy atom. The van der Waals surface area contributed by atoms with E-state index in [4.69, 9.17) is 5.73 Å². The van der Waals surface area contributed by atoms with E-state index >= 15 is 0 Å². The highest BCUT2D eigenvalue weighted by Crippen LogP contribution is 2.30. The third-order valence-corrected chi connectivity index (χ3v) is 6.02. The number of nitrogens with two attached hydrogens (primary N) is 1. The lowest BCUT2D eigenvalue weighted by Crippen LogP contribution is -2.32. The highest BCUT2D eigenvalue weighted by Gasteiger charge is 2.18. The molecule has 1 saturated carbocycles. The van der Waals surface area contributed by atoms with Gasteiger partial charge < -0.3 is 15.7 Å². The molecule has 6 heteroatoms. The van der Waals surface area contributed by atoms with Gasteiger partial charge in [-0.05, 0) is 49.7 Å². The second-order valence-electron chi connectivity index (χ2n) is 8.01. The minimum atomic E-state index is 0.475. The minimum Gasteiger partial charge on any atom is -0.384 e. The maximum absolute atomic E-state index is 5.98. The molecule has 5 rings (SSSR count). The SMILES string of the molecule is CN(Cc1ccc2[nH]c(-c3cc(N)nc4nc[nH]c34)cc2c1)C1CCCCC1. The van der Waals surface area contributed by atoms with Crippen LogP contribution in [0.25, 0.3) is 33.3 Å². The third-order valence-electron chi connectivity index (χ3n) is 6.02. The Bertz CT molecular complexity index is 1120. The van der Waals surface area contributed by atoms with Crippen molar-refractivity contribution in [1.82, 2.24) is 24.8 Å². The number of aromatic nitrogens is 4. The first-order valence-electron chi connectivity index (χ1n) is 10.1. The summed E-state index contributed by atoms with van der Waals surface area (Å²) in [5.74, 6) is 0.475. The quantitative estimate of drug-likeness (QED) is 0.492. The van der Waals surface area contributed by atoms with E-state index in [9.17, 15) is 0 Å². The second-order valence-corrected chi connectivity index (χ2v) is 8.01. The van der Waals surface area contributed by atoms with Crippen LogP contribution in [0.4, 0.5) is 5.82 Å². The average molecular weight is 374 g/mol. The zero-order valence-corrected chi connectivity index (χ0v) is 16.2. The molecule has 6 nitrogen and oxygen atoms in total. The number of fused-ring (bicyclic) bond motifs is 2. The summed E-state index contributed by atoms with van der Waals surface area (Å²) in [6, 6.07) is 11.5. The smallest absolute Gasteiger partial charge is 0.180 e. The van der Waals surface area contributed by atoms with Gasteiger partial charge in [0.25, 0.3) is 0 Å². The summed E-state index contributed by atoms with van der Waals surface area (Å²) < 4.78 is 0. The van der Waals surface area contributed by atoms with Crippen molar-refractivity contribution in [2.75, 3.05) is 12.8 Å². The van der Waals surface area contributed by atoms with Gasteiger partial charge in [-0.3, -0.25) is 4.90 Å². The van der Waals surface area contributed by atoms with Gasteiger partial charge in [-0.2, -0.15) is 0 Å². The van der Waals surface area contributed by atoms with Gasteiger partial charge in [0.2, 0.25) is 0 Å². The number of nitrogens with one attached hydrogen (secondary N) is 2. The van der Waals surface area contributed by atoms with E-state index in [-0.39, 0.29) is 0 Å². The van der Waals surface area contributed by atoms with Gasteiger partial charge in [0.15, 0.2) is 5.65 Å². The number of nitrogen functional groups attached to an aromatic ring is 1. The summed E-state index contributed by atoms with van der Waals surface area (Å²) in [5.41, 5.74) is 12.0. The molecular formula is C22H26N6. The fraction of sp³-hybridized carbons (Fsp3) is 0.364. The summed E-state index contributed by atoms with van der Waals surface area (Å²) in [6.07, 6.45) is 8.44. The van der Waals surface area contributed by atoms with E-state index in [2.05, 4.69) is 56.1 Å². The predicted octanol–water partition coefficient (Wildman–Crippen LogP) is 4.45. The molecule has 4 N–H and O–H groups in total. The minimum absolute atomic E-state index is 0.475. The molecule has 1 aromatic carbocycles. The van der Waals surface area contributed by atoms with Crippen molar-refractivity contribution in [2.45, 2.75) is 44.7 Å². The Labute approximate surface area is 164 Å². The highest BCUT2D eigenvalue weighted by molar-refractivity contribution is 5.95. The molecule has 28 heavy (non-hydrogen) atoms. The molecule has 0 spiro atoms. The molecule has 3 aromatic heterocycles.